The summed E-state index contributed by atoms with van der Waals surface area (Å²) in [6.45, 7) is 5.81. The molecule has 116 valence electrons. The van der Waals surface area contributed by atoms with Gasteiger partial charge in [-0.3, -0.25) is 4.79 Å². The highest BCUT2D eigenvalue weighted by atomic mass is 16.5. The Morgan fingerprint density at radius 2 is 2.29 bits per heavy atom. The van der Waals surface area contributed by atoms with Gasteiger partial charge >= 0.3 is 0 Å². The van der Waals surface area contributed by atoms with Crippen molar-refractivity contribution in [2.75, 3.05) is 19.6 Å². The zero-order valence-corrected chi connectivity index (χ0v) is 12.6. The fourth-order valence-electron chi connectivity index (χ4n) is 2.42. The normalized spacial score (nSPS) is 21.5. The first-order valence-corrected chi connectivity index (χ1v) is 7.45. The van der Waals surface area contributed by atoms with Crippen molar-refractivity contribution in [3.05, 3.63) is 29.8 Å². The number of aliphatic hydroxyl groups excluding tert-OH is 1. The number of carbonyl (C=O) groups is 1. The first-order chi connectivity index (χ1) is 10.0. The molecule has 1 heterocycles. The van der Waals surface area contributed by atoms with E-state index in [9.17, 15) is 9.90 Å². The summed E-state index contributed by atoms with van der Waals surface area (Å²) < 4.78 is 5.62. The van der Waals surface area contributed by atoms with Gasteiger partial charge in [0.25, 0.3) is 0 Å². The minimum Gasteiger partial charge on any atom is -0.491 e. The molecule has 5 nitrogen and oxygen atoms in total. The summed E-state index contributed by atoms with van der Waals surface area (Å²) in [7, 11) is 0. The van der Waals surface area contributed by atoms with E-state index in [0.29, 0.717) is 19.5 Å². The van der Waals surface area contributed by atoms with Crippen LogP contribution in [0.1, 0.15) is 19.4 Å². The lowest BCUT2D eigenvalue weighted by molar-refractivity contribution is -0.120. The van der Waals surface area contributed by atoms with E-state index in [1.807, 2.05) is 38.1 Å². The summed E-state index contributed by atoms with van der Waals surface area (Å²) in [4.78, 5) is 12.0. The number of hydrogen-bond donors (Lipinski definition) is 3. The van der Waals surface area contributed by atoms with Crippen molar-refractivity contribution < 1.29 is 14.6 Å². The first kappa shape index (κ1) is 15.8. The number of benzene rings is 1. The predicted molar refractivity (Wildman–Crippen MR) is 81.3 cm³/mol. The maximum absolute atomic E-state index is 12.0. The average Bonchev–Trinajstić information content (AvgIpc) is 2.81. The van der Waals surface area contributed by atoms with E-state index in [0.717, 1.165) is 17.9 Å². The summed E-state index contributed by atoms with van der Waals surface area (Å²) in [5.41, 5.74) is 0.927. The van der Waals surface area contributed by atoms with Crippen molar-refractivity contribution in [3.8, 4) is 5.75 Å². The van der Waals surface area contributed by atoms with Crippen molar-refractivity contribution in [1.82, 2.24) is 10.6 Å². The molecule has 1 aromatic carbocycles. The Balaban J connectivity index is 1.81. The van der Waals surface area contributed by atoms with Crippen LogP contribution in [0.2, 0.25) is 0 Å². The molecule has 1 saturated heterocycles. The lowest BCUT2D eigenvalue weighted by Gasteiger charge is -2.14. The summed E-state index contributed by atoms with van der Waals surface area (Å²) in [5.74, 6) is 0.853. The molecule has 0 spiro atoms. The van der Waals surface area contributed by atoms with E-state index in [-0.39, 0.29) is 24.0 Å². The van der Waals surface area contributed by atoms with Gasteiger partial charge in [0.2, 0.25) is 5.91 Å². The van der Waals surface area contributed by atoms with Crippen molar-refractivity contribution in [2.45, 2.75) is 32.5 Å². The number of amides is 1. The number of rotatable bonds is 6. The predicted octanol–water partition coefficient (Wildman–Crippen LogP) is 0.713. The van der Waals surface area contributed by atoms with E-state index < -0.39 is 0 Å². The van der Waals surface area contributed by atoms with Gasteiger partial charge in [0.05, 0.1) is 18.6 Å². The minimum absolute atomic E-state index is 0.0317. The molecule has 1 aliphatic rings. The summed E-state index contributed by atoms with van der Waals surface area (Å²) in [6, 6.07) is 7.59. The second-order valence-electron chi connectivity index (χ2n) is 5.78. The standard InChI is InChI=1S/C16H24N2O3/c1-11(2)21-14-5-3-4-12(6-14)7-16(20)18-9-13-8-17-10-15(13)19/h3-6,11,13,15,17,19H,7-10H2,1-2H3,(H,18,20). The van der Waals surface area contributed by atoms with Crippen LogP contribution < -0.4 is 15.4 Å². The molecular weight excluding hydrogens is 268 g/mol. The molecule has 3 N–H and O–H groups in total. The first-order valence-electron chi connectivity index (χ1n) is 7.45. The smallest absolute Gasteiger partial charge is 0.224 e. The Labute approximate surface area is 125 Å². The van der Waals surface area contributed by atoms with Crippen LogP contribution in [0, 0.1) is 5.92 Å². The molecule has 2 atom stereocenters. The van der Waals surface area contributed by atoms with Crippen LogP contribution >= 0.6 is 0 Å². The molecule has 0 bridgehead atoms. The van der Waals surface area contributed by atoms with Crippen molar-refractivity contribution >= 4 is 5.91 Å². The number of nitrogens with one attached hydrogen (secondary N) is 2. The molecule has 0 aliphatic carbocycles. The third kappa shape index (κ3) is 5.02. The van der Waals surface area contributed by atoms with E-state index in [1.54, 1.807) is 0 Å². The van der Waals surface area contributed by atoms with E-state index in [1.165, 1.54) is 0 Å². The van der Waals surface area contributed by atoms with E-state index in [4.69, 9.17) is 4.74 Å². The molecule has 2 rings (SSSR count). The summed E-state index contributed by atoms with van der Waals surface area (Å²) in [6.07, 6.45) is 0.0736. The third-order valence-electron chi connectivity index (χ3n) is 3.50. The van der Waals surface area contributed by atoms with Crippen LogP contribution in [-0.4, -0.2) is 42.9 Å². The molecule has 1 aliphatic heterocycles. The van der Waals surface area contributed by atoms with E-state index >= 15 is 0 Å². The fourth-order valence-corrected chi connectivity index (χ4v) is 2.42. The van der Waals surface area contributed by atoms with Crippen LogP contribution in [0.4, 0.5) is 0 Å². The lowest BCUT2D eigenvalue weighted by Crippen LogP contribution is -2.35. The highest BCUT2D eigenvalue weighted by molar-refractivity contribution is 5.78. The van der Waals surface area contributed by atoms with Crippen molar-refractivity contribution in [2.24, 2.45) is 5.92 Å². The summed E-state index contributed by atoms with van der Waals surface area (Å²) in [5, 5.41) is 15.7. The van der Waals surface area contributed by atoms with Crippen LogP contribution in [0.25, 0.3) is 0 Å². The molecule has 1 amide bonds. The van der Waals surface area contributed by atoms with Crippen molar-refractivity contribution in [1.29, 1.82) is 0 Å². The van der Waals surface area contributed by atoms with Crippen molar-refractivity contribution in [3.63, 3.8) is 0 Å². The molecule has 0 radical (unpaired) electrons. The van der Waals surface area contributed by atoms with Crippen LogP contribution in [0.3, 0.4) is 0 Å². The molecule has 21 heavy (non-hydrogen) atoms. The van der Waals surface area contributed by atoms with Gasteiger partial charge in [-0.05, 0) is 31.5 Å². The molecule has 1 fully saturated rings. The van der Waals surface area contributed by atoms with E-state index in [2.05, 4.69) is 10.6 Å². The third-order valence-corrected chi connectivity index (χ3v) is 3.50. The highest BCUT2D eigenvalue weighted by Gasteiger charge is 2.24. The zero-order valence-electron chi connectivity index (χ0n) is 12.6. The Hall–Kier alpha value is -1.59. The van der Waals surface area contributed by atoms with Gasteiger partial charge in [-0.1, -0.05) is 12.1 Å². The summed E-state index contributed by atoms with van der Waals surface area (Å²) >= 11 is 0. The average molecular weight is 292 g/mol. The Kier molecular flexibility index (Phi) is 5.59. The maximum Gasteiger partial charge on any atom is 0.224 e. The minimum atomic E-state index is -0.368. The number of carbonyl (C=O) groups excluding carboxylic acids is 1. The maximum atomic E-state index is 12.0. The van der Waals surface area contributed by atoms with Gasteiger partial charge in [0.15, 0.2) is 0 Å². The topological polar surface area (TPSA) is 70.6 Å². The van der Waals surface area contributed by atoms with Gasteiger partial charge in [-0.25, -0.2) is 0 Å². The van der Waals surface area contributed by atoms with Gasteiger partial charge in [0, 0.05) is 25.6 Å². The Morgan fingerprint density at radius 1 is 1.48 bits per heavy atom. The molecular formula is C16H24N2O3. The van der Waals surface area contributed by atoms with Gasteiger partial charge in [-0.2, -0.15) is 0 Å². The number of hydrogen-bond acceptors (Lipinski definition) is 4. The monoisotopic (exact) mass is 292 g/mol. The molecule has 1 aromatic rings. The fraction of sp³-hybridized carbons (Fsp3) is 0.562. The second kappa shape index (κ2) is 7.43. The van der Waals surface area contributed by atoms with Gasteiger partial charge in [0.1, 0.15) is 5.75 Å². The SMILES string of the molecule is CC(C)Oc1cccc(CC(=O)NCC2CNCC2O)c1. The quantitative estimate of drug-likeness (QED) is 0.722. The molecule has 2 unspecified atom stereocenters. The lowest BCUT2D eigenvalue weighted by atomic mass is 10.1. The van der Waals surface area contributed by atoms with Gasteiger partial charge < -0.3 is 20.5 Å². The molecule has 0 aromatic heterocycles. The van der Waals surface area contributed by atoms with Crippen LogP contribution in [-0.2, 0) is 11.2 Å². The number of β-amino-alcohol motifs (C(OH)–C–C–N with tert-alkyl or cyclic N) is 1. The Bertz CT molecular complexity index is 476. The molecule has 0 saturated carbocycles. The van der Waals surface area contributed by atoms with Crippen LogP contribution in [0.15, 0.2) is 24.3 Å². The highest BCUT2D eigenvalue weighted by Crippen LogP contribution is 2.15. The number of ether oxygens (including phenoxy) is 1. The largest absolute Gasteiger partial charge is 0.491 e. The Morgan fingerprint density at radius 3 is 2.95 bits per heavy atom. The second-order valence-corrected chi connectivity index (χ2v) is 5.78. The van der Waals surface area contributed by atoms with Crippen LogP contribution in [0.5, 0.6) is 5.75 Å². The zero-order chi connectivity index (χ0) is 15.2. The van der Waals surface area contributed by atoms with Gasteiger partial charge in [-0.15, -0.1) is 0 Å². The molecule has 5 heteroatoms. The number of aliphatic hydroxyl groups is 1.